The van der Waals surface area contributed by atoms with Crippen LogP contribution >= 0.6 is 15.6 Å². The van der Waals surface area contributed by atoms with Crippen molar-refractivity contribution >= 4 is 54.8 Å². The summed E-state index contributed by atoms with van der Waals surface area (Å²) >= 11 is 0. The van der Waals surface area contributed by atoms with Gasteiger partial charge in [0.1, 0.15) is 60.5 Å². The largest absolute Gasteiger partial charge is 0.481 e. The molecule has 1 aliphatic heterocycles. The van der Waals surface area contributed by atoms with E-state index in [1.807, 2.05) is 0 Å². The zero-order chi connectivity index (χ0) is 38.6. The Bertz CT molecular complexity index is 2410. The summed E-state index contributed by atoms with van der Waals surface area (Å²) in [6, 6.07) is 3.33. The van der Waals surface area contributed by atoms with Gasteiger partial charge < -0.3 is 45.8 Å². The topological polar surface area (TPSA) is 365 Å². The first-order chi connectivity index (χ1) is 24.9. The monoisotopic (exact) mass is 786 g/mol. The lowest BCUT2D eigenvalue weighted by molar-refractivity contribution is -0.657. The predicted molar refractivity (Wildman–Crippen MR) is 176 cm³/mol. The molecule has 0 radical (unpaired) electrons. The number of phosphoric acid groups is 2. The second-order valence-corrected chi connectivity index (χ2v) is 15.2. The maximum Gasteiger partial charge on any atom is 0.481 e. The number of hydrogen-bond acceptors (Lipinski definition) is 18. The van der Waals surface area contributed by atoms with Gasteiger partial charge in [0.25, 0.3) is 5.56 Å². The third-order valence-electron chi connectivity index (χ3n) is 8.46. The van der Waals surface area contributed by atoms with Gasteiger partial charge in [-0.2, -0.15) is 9.29 Å². The van der Waals surface area contributed by atoms with Crippen LogP contribution < -0.4 is 21.5 Å². The molecule has 53 heavy (non-hydrogen) atoms. The average molecular weight is 787 g/mol. The molecular weight excluding hydrogens is 752 g/mol. The SMILES string of the molecule is Cc1cc2nc3c(=O)[nH]c(=O)[nH]c3[n+](C[C@H](O)[C@H](O)[C@H](O)COP(=O)(O)OP(=O)(O)OC[C@H]3O[C@@H](n4cnc5c(N)ncnc54)[C@H](O)[C@H]3O)c2cc1C. The molecule has 1 aliphatic rings. The number of nitrogens with one attached hydrogen (secondary N) is 2. The molecule has 1 fully saturated rings. The van der Waals surface area contributed by atoms with E-state index in [1.165, 1.54) is 15.5 Å². The molecule has 0 aliphatic carbocycles. The lowest BCUT2D eigenvalue weighted by atomic mass is 10.1. The maximum atomic E-state index is 12.5. The van der Waals surface area contributed by atoms with Gasteiger partial charge in [0, 0.05) is 0 Å². The van der Waals surface area contributed by atoms with Crippen molar-refractivity contribution in [1.29, 1.82) is 0 Å². The number of hydrogen-bond donors (Lipinski definition) is 10. The minimum atomic E-state index is -5.54. The van der Waals surface area contributed by atoms with E-state index in [-0.39, 0.29) is 28.1 Å². The predicted octanol–water partition coefficient (Wildman–Crippen LogP) is -2.96. The third-order valence-corrected chi connectivity index (χ3v) is 11.1. The molecule has 0 spiro atoms. The molecule has 6 rings (SSSR count). The number of benzene rings is 1. The number of nitrogen functional groups attached to an aromatic ring is 1. The Balaban J connectivity index is 1.07. The highest BCUT2D eigenvalue weighted by atomic mass is 31.3. The average Bonchev–Trinajstić information content (AvgIpc) is 3.63. The summed E-state index contributed by atoms with van der Waals surface area (Å²) in [5, 5.41) is 53.1. The number of nitrogens with two attached hydrogens (primary N) is 1. The Hall–Kier alpha value is -4.13. The summed E-state index contributed by atoms with van der Waals surface area (Å²) in [4.78, 5) is 65.4. The van der Waals surface area contributed by atoms with Gasteiger partial charge in [-0.05, 0) is 37.1 Å². The van der Waals surface area contributed by atoms with Crippen molar-refractivity contribution in [2.45, 2.75) is 63.2 Å². The normalized spacial score (nSPS) is 23.3. The molecule has 5 aromatic rings. The standard InChI is InChI=1S/C27H33N9O15P2/c1-10-3-12-13(4-11(10)2)35(24-18(32-12)25(42)34-27(43)33-24)5-14(37)19(39)15(38)6-48-52(44,45)51-53(46,47)49-7-16-20(40)21(41)26(50-16)36-9-31-17-22(28)29-8-30-23(17)36/h3-4,8-9,14-16,19-21,26,37-41H,5-7H2,1-2H3,(H5,28,29,30,34,42,43,44,45,46,47)/p+1/t14-,15+,16+,19-,20-,21+,26+/m0/s1. The van der Waals surface area contributed by atoms with Crippen LogP contribution in [0.3, 0.4) is 0 Å². The summed E-state index contributed by atoms with van der Waals surface area (Å²) in [5.74, 6) is 0.0305. The van der Waals surface area contributed by atoms with E-state index < -0.39 is 89.5 Å². The fourth-order valence-electron chi connectivity index (χ4n) is 5.61. The molecule has 4 aromatic heterocycles. The van der Waals surface area contributed by atoms with Gasteiger partial charge in [0.2, 0.25) is 5.52 Å². The molecule has 11 N–H and O–H groups in total. The van der Waals surface area contributed by atoms with Crippen molar-refractivity contribution in [3.63, 3.8) is 0 Å². The van der Waals surface area contributed by atoms with Gasteiger partial charge >= 0.3 is 27.0 Å². The number of anilines is 1. The van der Waals surface area contributed by atoms with Gasteiger partial charge in [-0.15, -0.1) is 0 Å². The fraction of sp³-hybridized carbons (Fsp3) is 0.444. The number of aryl methyl sites for hydroxylation is 2. The molecule has 24 nitrogen and oxygen atoms in total. The lowest BCUT2D eigenvalue weighted by Gasteiger charge is -2.24. The molecule has 286 valence electrons. The van der Waals surface area contributed by atoms with Crippen molar-refractivity contribution in [3.8, 4) is 0 Å². The van der Waals surface area contributed by atoms with Crippen molar-refractivity contribution < 1.29 is 67.1 Å². The zero-order valence-electron chi connectivity index (χ0n) is 27.5. The van der Waals surface area contributed by atoms with E-state index in [9.17, 15) is 54.0 Å². The number of aliphatic hydroxyl groups excluding tert-OH is 5. The van der Waals surface area contributed by atoms with Gasteiger partial charge in [0.05, 0.1) is 19.5 Å². The molecule has 0 bridgehead atoms. The number of fused-ring (bicyclic) bond motifs is 3. The van der Waals surface area contributed by atoms with Crippen LogP contribution in [-0.4, -0.2) is 120 Å². The van der Waals surface area contributed by atoms with Crippen LogP contribution in [0.15, 0.2) is 34.4 Å². The molecule has 2 unspecified atom stereocenters. The number of aromatic nitrogens is 8. The Morgan fingerprint density at radius 2 is 1.68 bits per heavy atom. The van der Waals surface area contributed by atoms with Crippen LogP contribution in [-0.2, 0) is 33.8 Å². The first kappa shape index (κ1) is 38.6. The van der Waals surface area contributed by atoms with Crippen LogP contribution in [0, 0.1) is 13.8 Å². The fourth-order valence-corrected chi connectivity index (χ4v) is 7.70. The summed E-state index contributed by atoms with van der Waals surface area (Å²) in [6.45, 7) is 0.855. The number of nitrogens with zero attached hydrogens (tertiary/aromatic N) is 6. The number of rotatable bonds is 13. The molecule has 0 amide bonds. The van der Waals surface area contributed by atoms with E-state index in [2.05, 4.69) is 38.7 Å². The Morgan fingerprint density at radius 3 is 2.42 bits per heavy atom. The minimum Gasteiger partial charge on any atom is -0.388 e. The number of aliphatic hydroxyl groups is 5. The van der Waals surface area contributed by atoms with E-state index in [1.54, 1.807) is 26.0 Å². The van der Waals surface area contributed by atoms with Crippen LogP contribution in [0.1, 0.15) is 17.4 Å². The summed E-state index contributed by atoms with van der Waals surface area (Å²) in [6.07, 6.45) is -9.88. The van der Waals surface area contributed by atoms with Crippen molar-refractivity contribution in [3.05, 3.63) is 56.8 Å². The van der Waals surface area contributed by atoms with Crippen LogP contribution in [0.5, 0.6) is 0 Å². The van der Waals surface area contributed by atoms with Gasteiger partial charge in [-0.1, -0.05) is 0 Å². The van der Waals surface area contributed by atoms with E-state index >= 15 is 0 Å². The molecule has 1 aromatic carbocycles. The smallest absolute Gasteiger partial charge is 0.388 e. The Kier molecular flexibility index (Phi) is 10.6. The summed E-state index contributed by atoms with van der Waals surface area (Å²) in [5.41, 5.74) is 6.28. The van der Waals surface area contributed by atoms with Crippen molar-refractivity contribution in [2.75, 3.05) is 18.9 Å². The number of ether oxygens (including phenoxy) is 1. The van der Waals surface area contributed by atoms with Crippen molar-refractivity contribution in [1.82, 2.24) is 34.5 Å². The Labute approximate surface area is 295 Å². The zero-order valence-corrected chi connectivity index (χ0v) is 29.3. The first-order valence-electron chi connectivity index (χ1n) is 15.5. The third kappa shape index (κ3) is 7.91. The van der Waals surface area contributed by atoms with Crippen molar-refractivity contribution in [2.24, 2.45) is 0 Å². The number of imidazole rings is 1. The Morgan fingerprint density at radius 1 is 0.981 bits per heavy atom. The summed E-state index contributed by atoms with van der Waals surface area (Å²) < 4.78 is 46.7. The second-order valence-electron chi connectivity index (χ2n) is 12.1. The van der Waals surface area contributed by atoms with E-state index in [0.717, 1.165) is 17.5 Å². The highest BCUT2D eigenvalue weighted by Gasteiger charge is 2.46. The van der Waals surface area contributed by atoms with Gasteiger partial charge in [-0.25, -0.2) is 38.4 Å². The van der Waals surface area contributed by atoms with Gasteiger partial charge in [0.15, 0.2) is 23.2 Å². The molecule has 0 saturated carbocycles. The molecule has 9 atom stereocenters. The quantitative estimate of drug-likeness (QED) is 0.0324. The van der Waals surface area contributed by atoms with Gasteiger partial charge in [-0.3, -0.25) is 23.4 Å². The highest BCUT2D eigenvalue weighted by molar-refractivity contribution is 7.61. The molecule has 5 heterocycles. The van der Waals surface area contributed by atoms with Crippen LogP contribution in [0.2, 0.25) is 0 Å². The molecular formula is C27H34N9O15P2+. The van der Waals surface area contributed by atoms with Crippen LogP contribution in [0.4, 0.5) is 5.82 Å². The first-order valence-corrected chi connectivity index (χ1v) is 18.5. The second kappa shape index (κ2) is 14.6. The number of aromatic amines is 2. The number of phosphoric ester groups is 2. The maximum absolute atomic E-state index is 12.5. The lowest BCUT2D eigenvalue weighted by Crippen LogP contribution is -2.51. The number of H-pyrrole nitrogens is 2. The highest BCUT2D eigenvalue weighted by Crippen LogP contribution is 2.60. The molecule has 26 heteroatoms. The van der Waals surface area contributed by atoms with E-state index in [4.69, 9.17) is 15.0 Å². The van der Waals surface area contributed by atoms with Crippen LogP contribution in [0.25, 0.3) is 33.4 Å². The minimum absolute atomic E-state index is 0.0305. The van der Waals surface area contributed by atoms with E-state index in [0.29, 0.717) is 11.0 Å². The molecule has 1 saturated heterocycles. The summed E-state index contributed by atoms with van der Waals surface area (Å²) in [7, 11) is -11.0.